The fourth-order valence-corrected chi connectivity index (χ4v) is 5.41. The predicted molar refractivity (Wildman–Crippen MR) is 126 cm³/mol. The van der Waals surface area contributed by atoms with Gasteiger partial charge in [0.05, 0.1) is 11.8 Å². The van der Waals surface area contributed by atoms with Gasteiger partial charge in [0.25, 0.3) is 0 Å². The van der Waals surface area contributed by atoms with Crippen molar-refractivity contribution in [2.45, 2.75) is 91.5 Å². The first-order valence-corrected chi connectivity index (χ1v) is 12.5. The van der Waals surface area contributed by atoms with Gasteiger partial charge < -0.3 is 14.2 Å². The Morgan fingerprint density at radius 2 is 1.91 bits per heavy atom. The second-order valence-electron chi connectivity index (χ2n) is 10.6. The zero-order valence-electron chi connectivity index (χ0n) is 20.3. The van der Waals surface area contributed by atoms with Crippen LogP contribution < -0.4 is 0 Å². The number of hydrogen-bond donors (Lipinski definition) is 0. The highest BCUT2D eigenvalue weighted by atomic mass is 35.5. The van der Waals surface area contributed by atoms with E-state index >= 15 is 0 Å². The normalized spacial score (nSPS) is 34.1. The number of cyclic esters (lactones) is 1. The number of hydrogen-bond acceptors (Lipinski definition) is 6. The van der Waals surface area contributed by atoms with Crippen LogP contribution in [0.3, 0.4) is 0 Å². The highest BCUT2D eigenvalue weighted by Crippen LogP contribution is 2.45. The maximum Gasteiger partial charge on any atom is 0.404 e. The van der Waals surface area contributed by atoms with Gasteiger partial charge in [-0.15, -0.1) is 0 Å². The molecule has 1 fully saturated rings. The van der Waals surface area contributed by atoms with E-state index in [1.165, 1.54) is 5.57 Å². The fourth-order valence-electron chi connectivity index (χ4n) is 5.28. The van der Waals surface area contributed by atoms with Crippen LogP contribution in [0.1, 0.15) is 73.1 Å². The van der Waals surface area contributed by atoms with E-state index in [4.69, 9.17) is 25.8 Å². The summed E-state index contributed by atoms with van der Waals surface area (Å²) in [5.74, 6) is 0.502. The topological polar surface area (TPSA) is 78.9 Å². The van der Waals surface area contributed by atoms with E-state index in [1.54, 1.807) is 0 Å². The van der Waals surface area contributed by atoms with Crippen molar-refractivity contribution < 1.29 is 28.6 Å². The van der Waals surface area contributed by atoms with E-state index in [-0.39, 0.29) is 42.4 Å². The Labute approximate surface area is 202 Å². The molecule has 7 unspecified atom stereocenters. The lowest BCUT2D eigenvalue weighted by atomic mass is 9.65. The van der Waals surface area contributed by atoms with E-state index in [2.05, 4.69) is 32.1 Å². The van der Waals surface area contributed by atoms with Gasteiger partial charge in [-0.25, -0.2) is 4.79 Å². The van der Waals surface area contributed by atoms with Crippen molar-refractivity contribution in [3.8, 4) is 0 Å². The van der Waals surface area contributed by atoms with Crippen molar-refractivity contribution in [1.29, 1.82) is 0 Å². The molecule has 33 heavy (non-hydrogen) atoms. The smallest absolute Gasteiger partial charge is 0.404 e. The lowest BCUT2D eigenvalue weighted by molar-refractivity contribution is -0.166. The zero-order chi connectivity index (χ0) is 24.3. The van der Waals surface area contributed by atoms with Crippen molar-refractivity contribution >= 4 is 29.0 Å². The molecule has 0 N–H and O–H groups in total. The van der Waals surface area contributed by atoms with Gasteiger partial charge in [0.2, 0.25) is 0 Å². The van der Waals surface area contributed by atoms with E-state index in [1.807, 2.05) is 20.8 Å². The Balaban J connectivity index is 1.74. The third-order valence-corrected chi connectivity index (χ3v) is 7.68. The average Bonchev–Trinajstić information content (AvgIpc) is 2.72. The Morgan fingerprint density at radius 1 is 1.18 bits per heavy atom. The van der Waals surface area contributed by atoms with Gasteiger partial charge >= 0.3 is 17.4 Å². The molecular formula is C26H37ClO6. The standard InChI is InChI=1S/C26H37ClO6/c1-6-26(4,5)24(29)33-21-12-15(2)11-17-8-7-16(3)20(23(17)21)10-9-18-13-19(32-25(27)30)14-22(28)31-18/h7-8,11,15-16,18-21,23H,6,9-10,12-14H2,1-5H3. The summed E-state index contributed by atoms with van der Waals surface area (Å²) >= 11 is 5.34. The number of rotatable bonds is 7. The molecule has 0 amide bonds. The summed E-state index contributed by atoms with van der Waals surface area (Å²) in [6.07, 6.45) is 9.17. The monoisotopic (exact) mass is 480 g/mol. The number of halogens is 1. The van der Waals surface area contributed by atoms with Gasteiger partial charge in [0.1, 0.15) is 18.3 Å². The predicted octanol–water partition coefficient (Wildman–Crippen LogP) is 5.97. The van der Waals surface area contributed by atoms with Crippen LogP contribution in [0.25, 0.3) is 0 Å². The van der Waals surface area contributed by atoms with Gasteiger partial charge in [0, 0.05) is 23.9 Å². The Kier molecular flexibility index (Phi) is 8.31. The molecule has 7 atom stereocenters. The average molecular weight is 481 g/mol. The highest BCUT2D eigenvalue weighted by molar-refractivity contribution is 6.61. The molecule has 2 aliphatic carbocycles. The lowest BCUT2D eigenvalue weighted by Crippen LogP contribution is -2.43. The molecular weight excluding hydrogens is 444 g/mol. The number of carbonyl (C=O) groups is 3. The first kappa shape index (κ1) is 25.8. The molecule has 0 spiro atoms. The summed E-state index contributed by atoms with van der Waals surface area (Å²) in [6, 6.07) is 0. The second kappa shape index (κ2) is 10.6. The molecule has 1 saturated heterocycles. The maximum atomic E-state index is 12.9. The van der Waals surface area contributed by atoms with E-state index < -0.39 is 16.9 Å². The van der Waals surface area contributed by atoms with E-state index in [0.29, 0.717) is 24.7 Å². The summed E-state index contributed by atoms with van der Waals surface area (Å²) in [6.45, 7) is 10.2. The number of carbonyl (C=O) groups excluding carboxylic acids is 3. The molecule has 1 heterocycles. The minimum atomic E-state index is -0.898. The van der Waals surface area contributed by atoms with E-state index in [9.17, 15) is 14.4 Å². The minimum absolute atomic E-state index is 0.0379. The highest BCUT2D eigenvalue weighted by Gasteiger charge is 2.43. The number of allylic oxidation sites excluding steroid dienone is 3. The molecule has 0 aromatic heterocycles. The van der Waals surface area contributed by atoms with Crippen molar-refractivity contribution in [1.82, 2.24) is 0 Å². The fraction of sp³-hybridized carbons (Fsp3) is 0.731. The number of fused-ring (bicyclic) bond motifs is 1. The molecule has 184 valence electrons. The summed E-state index contributed by atoms with van der Waals surface area (Å²) < 4.78 is 16.8. The summed E-state index contributed by atoms with van der Waals surface area (Å²) in [5, 5.41) is 0. The molecule has 7 heteroatoms. The Bertz CT molecular complexity index is 814. The van der Waals surface area contributed by atoms with Gasteiger partial charge in [-0.1, -0.05) is 39.0 Å². The first-order valence-electron chi connectivity index (χ1n) is 12.2. The van der Waals surface area contributed by atoms with Crippen LogP contribution in [0.5, 0.6) is 0 Å². The van der Waals surface area contributed by atoms with Crippen molar-refractivity contribution in [2.75, 3.05) is 0 Å². The van der Waals surface area contributed by atoms with Crippen LogP contribution in [-0.2, 0) is 23.8 Å². The molecule has 0 radical (unpaired) electrons. The third-order valence-electron chi connectivity index (χ3n) is 7.59. The second-order valence-corrected chi connectivity index (χ2v) is 10.9. The third kappa shape index (κ3) is 6.40. The summed E-state index contributed by atoms with van der Waals surface area (Å²) in [5.41, 5.74) is -0.176. The molecule has 0 saturated carbocycles. The Hall–Kier alpha value is -1.82. The zero-order valence-corrected chi connectivity index (χ0v) is 21.1. The van der Waals surface area contributed by atoms with Gasteiger partial charge in [-0.2, -0.15) is 0 Å². The van der Waals surface area contributed by atoms with Crippen LogP contribution in [0.4, 0.5) is 4.79 Å². The minimum Gasteiger partial charge on any atom is -0.462 e. The van der Waals surface area contributed by atoms with Gasteiger partial charge in [0.15, 0.2) is 0 Å². The number of ether oxygens (including phenoxy) is 3. The van der Waals surface area contributed by atoms with Crippen molar-refractivity contribution in [2.24, 2.45) is 29.1 Å². The summed E-state index contributed by atoms with van der Waals surface area (Å²) in [4.78, 5) is 36.0. The molecule has 3 aliphatic rings. The van der Waals surface area contributed by atoms with Crippen LogP contribution in [0.2, 0.25) is 0 Å². The number of esters is 2. The Morgan fingerprint density at radius 3 is 2.58 bits per heavy atom. The van der Waals surface area contributed by atoms with Crippen molar-refractivity contribution in [3.63, 3.8) is 0 Å². The SMILES string of the molecule is CCC(C)(C)C(=O)OC1CC(C)C=C2C=CC(C)C(CCC3CC(OC(=O)Cl)CC(=O)O3)C21. The summed E-state index contributed by atoms with van der Waals surface area (Å²) in [7, 11) is 0. The quantitative estimate of drug-likeness (QED) is 0.254. The maximum absolute atomic E-state index is 12.9. The molecule has 3 rings (SSSR count). The van der Waals surface area contributed by atoms with Crippen LogP contribution in [0, 0.1) is 29.1 Å². The van der Waals surface area contributed by atoms with Crippen molar-refractivity contribution in [3.05, 3.63) is 23.8 Å². The van der Waals surface area contributed by atoms with Gasteiger partial charge in [-0.3, -0.25) is 9.59 Å². The van der Waals surface area contributed by atoms with Crippen LogP contribution in [-0.4, -0.2) is 35.7 Å². The molecule has 6 nitrogen and oxygen atoms in total. The van der Waals surface area contributed by atoms with Crippen LogP contribution in [0.15, 0.2) is 23.8 Å². The molecule has 0 aromatic rings. The van der Waals surface area contributed by atoms with Crippen LogP contribution >= 0.6 is 11.6 Å². The van der Waals surface area contributed by atoms with E-state index in [0.717, 1.165) is 19.3 Å². The van der Waals surface area contributed by atoms with Gasteiger partial charge in [-0.05, 0) is 62.9 Å². The molecule has 1 aliphatic heterocycles. The molecule has 0 aromatic carbocycles. The lowest BCUT2D eigenvalue weighted by Gasteiger charge is -2.44. The molecule has 0 bridgehead atoms. The largest absolute Gasteiger partial charge is 0.462 e. The first-order chi connectivity index (χ1) is 15.5.